The summed E-state index contributed by atoms with van der Waals surface area (Å²) in [5.74, 6) is 2.45. The van der Waals surface area contributed by atoms with E-state index in [1.54, 1.807) is 0 Å². The predicted octanol–water partition coefficient (Wildman–Crippen LogP) is 3.74. The number of fused-ring (bicyclic) bond motifs is 3. The van der Waals surface area contributed by atoms with Crippen molar-refractivity contribution in [3.8, 4) is 0 Å². The summed E-state index contributed by atoms with van der Waals surface area (Å²) in [6, 6.07) is 0. The van der Waals surface area contributed by atoms with Crippen LogP contribution < -0.4 is 0 Å². The van der Waals surface area contributed by atoms with Gasteiger partial charge in [-0.05, 0) is 42.9 Å². The lowest BCUT2D eigenvalue weighted by atomic mass is 9.50. The lowest BCUT2D eigenvalue weighted by Crippen LogP contribution is -2.49. The molecule has 0 heterocycles. The summed E-state index contributed by atoms with van der Waals surface area (Å²) in [5, 5.41) is 0. The van der Waals surface area contributed by atoms with Crippen molar-refractivity contribution in [1.29, 1.82) is 0 Å². The van der Waals surface area contributed by atoms with E-state index in [1.807, 2.05) is 0 Å². The number of Topliss-reactive ketones (excluding diaryl/α,β-unsaturated/α-hetero) is 1. The van der Waals surface area contributed by atoms with E-state index < -0.39 is 0 Å². The van der Waals surface area contributed by atoms with Gasteiger partial charge in [0.1, 0.15) is 5.78 Å². The van der Waals surface area contributed by atoms with Gasteiger partial charge < -0.3 is 0 Å². The fourth-order valence-electron chi connectivity index (χ4n) is 4.61. The summed E-state index contributed by atoms with van der Waals surface area (Å²) < 4.78 is 0. The van der Waals surface area contributed by atoms with Gasteiger partial charge in [0, 0.05) is 12.3 Å². The number of ketones is 1. The molecule has 16 heavy (non-hydrogen) atoms. The minimum atomic E-state index is 0.301. The molecular formula is C15H22O. The zero-order chi connectivity index (χ0) is 11.2. The van der Waals surface area contributed by atoms with Crippen LogP contribution in [-0.2, 0) is 4.79 Å². The third-order valence-electron chi connectivity index (χ3n) is 5.50. The molecule has 2 saturated carbocycles. The van der Waals surface area contributed by atoms with Crippen molar-refractivity contribution in [2.45, 2.75) is 51.9 Å². The maximum Gasteiger partial charge on any atom is 0.137 e. The topological polar surface area (TPSA) is 17.1 Å². The molecule has 2 fully saturated rings. The average molecular weight is 218 g/mol. The third-order valence-corrected chi connectivity index (χ3v) is 5.50. The van der Waals surface area contributed by atoms with Crippen LogP contribution >= 0.6 is 0 Å². The van der Waals surface area contributed by atoms with E-state index in [4.69, 9.17) is 0 Å². The first kappa shape index (κ1) is 10.6. The molecule has 0 bridgehead atoms. The molecule has 1 heteroatoms. The Labute approximate surface area is 98.3 Å². The van der Waals surface area contributed by atoms with Crippen molar-refractivity contribution in [3.63, 3.8) is 0 Å². The van der Waals surface area contributed by atoms with Crippen molar-refractivity contribution in [3.05, 3.63) is 12.2 Å². The first-order chi connectivity index (χ1) is 7.72. The molecule has 3 rings (SSSR count). The Hall–Kier alpha value is -0.590. The van der Waals surface area contributed by atoms with E-state index in [9.17, 15) is 4.79 Å². The highest BCUT2D eigenvalue weighted by atomic mass is 16.1. The third kappa shape index (κ3) is 1.40. The highest BCUT2D eigenvalue weighted by Crippen LogP contribution is 2.56. The molecule has 4 atom stereocenters. The number of allylic oxidation sites excluding steroid dienone is 2. The number of carbonyl (C=O) groups is 1. The number of hydrogen-bond acceptors (Lipinski definition) is 1. The summed E-state index contributed by atoms with van der Waals surface area (Å²) in [6.45, 7) is 2.39. The number of rotatable bonds is 0. The molecule has 88 valence electrons. The van der Waals surface area contributed by atoms with Crippen LogP contribution in [0.25, 0.3) is 0 Å². The van der Waals surface area contributed by atoms with Crippen LogP contribution in [0.1, 0.15) is 51.9 Å². The molecule has 0 amide bonds. The van der Waals surface area contributed by atoms with E-state index in [0.717, 1.165) is 25.2 Å². The zero-order valence-corrected chi connectivity index (χ0v) is 10.2. The van der Waals surface area contributed by atoms with Gasteiger partial charge in [0.15, 0.2) is 0 Å². The summed E-state index contributed by atoms with van der Waals surface area (Å²) in [7, 11) is 0. The standard InChI is InChI=1S/C15H22O/c1-15-9-5-4-8-13(15)14(16)10-11-6-2-3-7-12(11)15/h4-5,11-13H,2-3,6-10H2,1H3/t11-,12+,13-,15-/m1/s1. The molecule has 0 spiro atoms. The van der Waals surface area contributed by atoms with Crippen molar-refractivity contribution in [2.75, 3.05) is 0 Å². The van der Waals surface area contributed by atoms with Crippen LogP contribution in [0.4, 0.5) is 0 Å². The normalized spacial score (nSPS) is 47.3. The molecule has 0 aromatic heterocycles. The van der Waals surface area contributed by atoms with E-state index >= 15 is 0 Å². The molecule has 1 nitrogen and oxygen atoms in total. The average Bonchev–Trinajstić information content (AvgIpc) is 2.29. The first-order valence-corrected chi connectivity index (χ1v) is 6.89. The Morgan fingerprint density at radius 1 is 1.25 bits per heavy atom. The smallest absolute Gasteiger partial charge is 0.137 e. The largest absolute Gasteiger partial charge is 0.299 e. The highest BCUT2D eigenvalue weighted by Gasteiger charge is 2.51. The van der Waals surface area contributed by atoms with E-state index in [-0.39, 0.29) is 0 Å². The Morgan fingerprint density at radius 2 is 2.06 bits per heavy atom. The van der Waals surface area contributed by atoms with Crippen molar-refractivity contribution < 1.29 is 4.79 Å². The van der Waals surface area contributed by atoms with Gasteiger partial charge >= 0.3 is 0 Å². The molecule has 3 aliphatic carbocycles. The molecule has 0 aliphatic heterocycles. The minimum absolute atomic E-state index is 0.301. The molecule has 0 aromatic carbocycles. The Morgan fingerprint density at radius 3 is 2.94 bits per heavy atom. The van der Waals surface area contributed by atoms with Gasteiger partial charge in [-0.15, -0.1) is 0 Å². The van der Waals surface area contributed by atoms with Crippen molar-refractivity contribution >= 4 is 5.78 Å². The van der Waals surface area contributed by atoms with Crippen LogP contribution in [0.5, 0.6) is 0 Å². The monoisotopic (exact) mass is 218 g/mol. The van der Waals surface area contributed by atoms with Gasteiger partial charge in [0.05, 0.1) is 0 Å². The van der Waals surface area contributed by atoms with Crippen LogP contribution in [-0.4, -0.2) is 5.78 Å². The maximum absolute atomic E-state index is 12.3. The molecule has 3 aliphatic rings. The molecule has 0 saturated heterocycles. The predicted molar refractivity (Wildman–Crippen MR) is 65.0 cm³/mol. The zero-order valence-electron chi connectivity index (χ0n) is 10.2. The second kappa shape index (κ2) is 3.72. The second-order valence-electron chi connectivity index (χ2n) is 6.29. The molecule has 0 radical (unpaired) electrons. The molecule has 0 unspecified atom stereocenters. The molecular weight excluding hydrogens is 196 g/mol. The van der Waals surface area contributed by atoms with E-state index in [0.29, 0.717) is 23.0 Å². The van der Waals surface area contributed by atoms with Gasteiger partial charge in [-0.25, -0.2) is 0 Å². The van der Waals surface area contributed by atoms with Gasteiger partial charge in [-0.2, -0.15) is 0 Å². The summed E-state index contributed by atoms with van der Waals surface area (Å²) in [4.78, 5) is 12.3. The number of hydrogen-bond donors (Lipinski definition) is 0. The molecule has 0 N–H and O–H groups in total. The van der Waals surface area contributed by atoms with Gasteiger partial charge in [0.2, 0.25) is 0 Å². The fraction of sp³-hybridized carbons (Fsp3) is 0.800. The lowest BCUT2D eigenvalue weighted by molar-refractivity contribution is -0.139. The minimum Gasteiger partial charge on any atom is -0.299 e. The van der Waals surface area contributed by atoms with Crippen LogP contribution in [0.3, 0.4) is 0 Å². The summed E-state index contributed by atoms with van der Waals surface area (Å²) in [5.41, 5.74) is 0.301. The fourth-order valence-corrected chi connectivity index (χ4v) is 4.61. The Kier molecular flexibility index (Phi) is 2.45. The first-order valence-electron chi connectivity index (χ1n) is 6.89. The van der Waals surface area contributed by atoms with Gasteiger partial charge in [-0.1, -0.05) is 31.9 Å². The van der Waals surface area contributed by atoms with Crippen LogP contribution in [0, 0.1) is 23.2 Å². The maximum atomic E-state index is 12.3. The molecule has 0 aromatic rings. The van der Waals surface area contributed by atoms with E-state index in [2.05, 4.69) is 19.1 Å². The number of carbonyl (C=O) groups excluding carboxylic acids is 1. The van der Waals surface area contributed by atoms with Gasteiger partial charge in [0.25, 0.3) is 0 Å². The second-order valence-corrected chi connectivity index (χ2v) is 6.29. The van der Waals surface area contributed by atoms with E-state index in [1.165, 1.54) is 25.7 Å². The quantitative estimate of drug-likeness (QED) is 0.566. The lowest BCUT2D eigenvalue weighted by Gasteiger charge is -2.53. The van der Waals surface area contributed by atoms with Gasteiger partial charge in [-0.3, -0.25) is 4.79 Å². The van der Waals surface area contributed by atoms with Crippen molar-refractivity contribution in [1.82, 2.24) is 0 Å². The highest BCUT2D eigenvalue weighted by molar-refractivity contribution is 5.83. The summed E-state index contributed by atoms with van der Waals surface area (Å²) in [6.07, 6.45) is 13.0. The Balaban J connectivity index is 1.95. The SMILES string of the molecule is C[C@]12CC=CC[C@@H]1C(=O)C[C@H]1CCCC[C@@H]12. The Bertz CT molecular complexity index is 330. The van der Waals surface area contributed by atoms with Crippen molar-refractivity contribution in [2.24, 2.45) is 23.2 Å². The van der Waals surface area contributed by atoms with Crippen LogP contribution in [0.2, 0.25) is 0 Å². The summed E-state index contributed by atoms with van der Waals surface area (Å²) >= 11 is 0. The van der Waals surface area contributed by atoms with Crippen LogP contribution in [0.15, 0.2) is 12.2 Å².